The van der Waals surface area contributed by atoms with E-state index < -0.39 is 0 Å². The lowest BCUT2D eigenvalue weighted by atomic mass is 9.99. The number of methoxy groups -OCH3 is 1. The molecule has 0 unspecified atom stereocenters. The standard InChI is InChI=1S/C9H12O2/c1-7-5-3-4-6-8(7)9(10)11-2/h5-6H,3-4H2,1-2H3. The molecule has 0 spiro atoms. The van der Waals surface area contributed by atoms with Gasteiger partial charge in [-0.25, -0.2) is 4.79 Å². The molecule has 0 saturated carbocycles. The highest BCUT2D eigenvalue weighted by Gasteiger charge is 2.12. The van der Waals surface area contributed by atoms with E-state index >= 15 is 0 Å². The van der Waals surface area contributed by atoms with Crippen molar-refractivity contribution in [1.82, 2.24) is 0 Å². The van der Waals surface area contributed by atoms with E-state index in [-0.39, 0.29) is 5.97 Å². The van der Waals surface area contributed by atoms with Crippen LogP contribution in [-0.4, -0.2) is 13.1 Å². The molecule has 0 radical (unpaired) electrons. The van der Waals surface area contributed by atoms with Crippen molar-refractivity contribution in [2.24, 2.45) is 0 Å². The molecule has 0 aromatic rings. The normalized spacial score (nSPS) is 16.9. The van der Waals surface area contributed by atoms with Crippen molar-refractivity contribution in [2.45, 2.75) is 19.8 Å². The summed E-state index contributed by atoms with van der Waals surface area (Å²) in [4.78, 5) is 11.0. The molecule has 0 aliphatic heterocycles. The molecule has 0 fully saturated rings. The van der Waals surface area contributed by atoms with Crippen LogP contribution >= 0.6 is 0 Å². The zero-order chi connectivity index (χ0) is 8.27. The lowest BCUT2D eigenvalue weighted by molar-refractivity contribution is -0.135. The van der Waals surface area contributed by atoms with Crippen LogP contribution in [0.3, 0.4) is 0 Å². The Bertz CT molecular complexity index is 224. The van der Waals surface area contributed by atoms with E-state index in [9.17, 15) is 4.79 Å². The quantitative estimate of drug-likeness (QED) is 0.536. The van der Waals surface area contributed by atoms with E-state index in [1.807, 2.05) is 13.0 Å². The molecule has 11 heavy (non-hydrogen) atoms. The molecule has 1 aliphatic rings. The van der Waals surface area contributed by atoms with E-state index in [1.165, 1.54) is 7.11 Å². The van der Waals surface area contributed by atoms with Crippen LogP contribution < -0.4 is 0 Å². The predicted octanol–water partition coefficient (Wildman–Crippen LogP) is 1.83. The Morgan fingerprint density at radius 3 is 2.64 bits per heavy atom. The fourth-order valence-electron chi connectivity index (χ4n) is 1.15. The second kappa shape index (κ2) is 3.37. The van der Waals surface area contributed by atoms with Gasteiger partial charge in [0.2, 0.25) is 0 Å². The molecule has 0 heterocycles. The zero-order valence-electron chi connectivity index (χ0n) is 6.89. The highest BCUT2D eigenvalue weighted by Crippen LogP contribution is 2.18. The van der Waals surface area contributed by atoms with Crippen LogP contribution in [0, 0.1) is 0 Å². The smallest absolute Gasteiger partial charge is 0.337 e. The Morgan fingerprint density at radius 2 is 2.09 bits per heavy atom. The van der Waals surface area contributed by atoms with Gasteiger partial charge >= 0.3 is 5.97 Å². The summed E-state index contributed by atoms with van der Waals surface area (Å²) in [6.07, 6.45) is 5.97. The average Bonchev–Trinajstić information content (AvgIpc) is 2.04. The van der Waals surface area contributed by atoms with Gasteiger partial charge in [0, 0.05) is 0 Å². The summed E-state index contributed by atoms with van der Waals surface area (Å²) in [5.41, 5.74) is 1.75. The molecule has 2 heteroatoms. The summed E-state index contributed by atoms with van der Waals surface area (Å²) in [6.45, 7) is 1.93. The fraction of sp³-hybridized carbons (Fsp3) is 0.444. The highest BCUT2D eigenvalue weighted by atomic mass is 16.5. The second-order valence-electron chi connectivity index (χ2n) is 2.57. The van der Waals surface area contributed by atoms with Gasteiger partial charge in [0.15, 0.2) is 0 Å². The fourth-order valence-corrected chi connectivity index (χ4v) is 1.15. The number of esters is 1. The summed E-state index contributed by atoms with van der Waals surface area (Å²) >= 11 is 0. The topological polar surface area (TPSA) is 26.3 Å². The summed E-state index contributed by atoms with van der Waals surface area (Å²) in [5, 5.41) is 0. The minimum Gasteiger partial charge on any atom is -0.465 e. The third-order valence-electron chi connectivity index (χ3n) is 1.80. The SMILES string of the molecule is COC(=O)C1=CCCC=C1C. The summed E-state index contributed by atoms with van der Waals surface area (Å²) in [6, 6.07) is 0. The second-order valence-corrected chi connectivity index (χ2v) is 2.57. The first kappa shape index (κ1) is 8.05. The van der Waals surface area contributed by atoms with E-state index in [2.05, 4.69) is 10.8 Å². The van der Waals surface area contributed by atoms with Gasteiger partial charge in [-0.15, -0.1) is 0 Å². The molecule has 0 bridgehead atoms. The lowest BCUT2D eigenvalue weighted by Gasteiger charge is -2.09. The van der Waals surface area contributed by atoms with Crippen LogP contribution in [0.25, 0.3) is 0 Å². The predicted molar refractivity (Wildman–Crippen MR) is 43.1 cm³/mol. The van der Waals surface area contributed by atoms with Gasteiger partial charge in [0.25, 0.3) is 0 Å². The Hall–Kier alpha value is -1.05. The zero-order valence-corrected chi connectivity index (χ0v) is 6.89. The lowest BCUT2D eigenvalue weighted by Crippen LogP contribution is -2.07. The van der Waals surface area contributed by atoms with Crippen molar-refractivity contribution in [1.29, 1.82) is 0 Å². The van der Waals surface area contributed by atoms with Crippen molar-refractivity contribution >= 4 is 5.97 Å². The number of allylic oxidation sites excluding steroid dienone is 2. The van der Waals surface area contributed by atoms with Gasteiger partial charge in [0.05, 0.1) is 12.7 Å². The molecule has 1 rings (SSSR count). The van der Waals surface area contributed by atoms with Crippen LogP contribution in [0.15, 0.2) is 23.3 Å². The first-order valence-electron chi connectivity index (χ1n) is 3.71. The van der Waals surface area contributed by atoms with Crippen LogP contribution in [-0.2, 0) is 9.53 Å². The van der Waals surface area contributed by atoms with Crippen LogP contribution in [0.1, 0.15) is 19.8 Å². The summed E-state index contributed by atoms with van der Waals surface area (Å²) in [7, 11) is 1.41. The highest BCUT2D eigenvalue weighted by molar-refractivity contribution is 5.93. The average molecular weight is 152 g/mol. The van der Waals surface area contributed by atoms with Crippen molar-refractivity contribution < 1.29 is 9.53 Å². The van der Waals surface area contributed by atoms with E-state index in [4.69, 9.17) is 0 Å². The molecule has 0 amide bonds. The minimum absolute atomic E-state index is 0.224. The molecule has 60 valence electrons. The summed E-state index contributed by atoms with van der Waals surface area (Å²) in [5.74, 6) is -0.224. The van der Waals surface area contributed by atoms with Crippen molar-refractivity contribution in [3.63, 3.8) is 0 Å². The summed E-state index contributed by atoms with van der Waals surface area (Å²) < 4.78 is 4.61. The number of rotatable bonds is 1. The third kappa shape index (κ3) is 1.70. The number of hydrogen-bond donors (Lipinski definition) is 0. The Morgan fingerprint density at radius 1 is 1.45 bits per heavy atom. The van der Waals surface area contributed by atoms with E-state index in [1.54, 1.807) is 0 Å². The van der Waals surface area contributed by atoms with Gasteiger partial charge in [0.1, 0.15) is 0 Å². The van der Waals surface area contributed by atoms with E-state index in [0.717, 1.165) is 24.0 Å². The van der Waals surface area contributed by atoms with Gasteiger partial charge in [-0.05, 0) is 25.3 Å². The molecular formula is C9H12O2. The van der Waals surface area contributed by atoms with Crippen LogP contribution in [0.4, 0.5) is 0 Å². The number of carbonyl (C=O) groups excluding carboxylic acids is 1. The maximum Gasteiger partial charge on any atom is 0.337 e. The molecule has 0 aromatic heterocycles. The van der Waals surface area contributed by atoms with Gasteiger partial charge in [-0.3, -0.25) is 0 Å². The maximum absolute atomic E-state index is 11.0. The van der Waals surface area contributed by atoms with E-state index in [0.29, 0.717) is 0 Å². The van der Waals surface area contributed by atoms with Gasteiger partial charge in [-0.1, -0.05) is 12.2 Å². The molecular weight excluding hydrogens is 140 g/mol. The molecule has 0 aromatic carbocycles. The molecule has 0 saturated heterocycles. The number of ether oxygens (including phenoxy) is 1. The molecule has 0 N–H and O–H groups in total. The van der Waals surface area contributed by atoms with Gasteiger partial charge in [-0.2, -0.15) is 0 Å². The third-order valence-corrected chi connectivity index (χ3v) is 1.80. The monoisotopic (exact) mass is 152 g/mol. The Balaban J connectivity index is 2.78. The first-order valence-corrected chi connectivity index (χ1v) is 3.71. The first-order chi connectivity index (χ1) is 5.25. The van der Waals surface area contributed by atoms with Crippen LogP contribution in [0.2, 0.25) is 0 Å². The van der Waals surface area contributed by atoms with Gasteiger partial charge < -0.3 is 4.74 Å². The maximum atomic E-state index is 11.0. The number of hydrogen-bond acceptors (Lipinski definition) is 2. The van der Waals surface area contributed by atoms with Crippen molar-refractivity contribution in [2.75, 3.05) is 7.11 Å². The largest absolute Gasteiger partial charge is 0.465 e. The Labute approximate surface area is 66.5 Å². The Kier molecular flexibility index (Phi) is 2.47. The minimum atomic E-state index is -0.224. The molecule has 2 nitrogen and oxygen atoms in total. The van der Waals surface area contributed by atoms with Crippen LogP contribution in [0.5, 0.6) is 0 Å². The number of carbonyl (C=O) groups is 1. The molecule has 0 atom stereocenters. The van der Waals surface area contributed by atoms with Crippen molar-refractivity contribution in [3.05, 3.63) is 23.3 Å². The van der Waals surface area contributed by atoms with Crippen molar-refractivity contribution in [3.8, 4) is 0 Å². The molecule has 1 aliphatic carbocycles.